The minimum Gasteiger partial charge on any atom is -0.369 e. The van der Waals surface area contributed by atoms with Crippen LogP contribution < -0.4 is 0 Å². The summed E-state index contributed by atoms with van der Waals surface area (Å²) in [6.45, 7) is 6.32. The highest BCUT2D eigenvalue weighted by Gasteiger charge is 2.32. The molecule has 1 unspecified atom stereocenters. The van der Waals surface area contributed by atoms with E-state index in [-0.39, 0.29) is 5.92 Å². The van der Waals surface area contributed by atoms with Crippen molar-refractivity contribution < 1.29 is 4.79 Å². The third-order valence-electron chi connectivity index (χ3n) is 3.12. The predicted molar refractivity (Wildman–Crippen MR) is 52.3 cm³/mol. The summed E-state index contributed by atoms with van der Waals surface area (Å²) in [5.41, 5.74) is 2.35. The minimum absolute atomic E-state index is 0.232. The van der Waals surface area contributed by atoms with Gasteiger partial charge in [-0.2, -0.15) is 0 Å². The molecule has 1 atom stereocenters. The highest BCUT2D eigenvalue weighted by Crippen LogP contribution is 2.31. The molecule has 1 aliphatic heterocycles. The van der Waals surface area contributed by atoms with Gasteiger partial charge >= 0.3 is 0 Å². The van der Waals surface area contributed by atoms with Crippen molar-refractivity contribution in [3.63, 3.8) is 0 Å². The lowest BCUT2D eigenvalue weighted by Crippen LogP contribution is -2.24. The van der Waals surface area contributed by atoms with Crippen LogP contribution in [0.1, 0.15) is 33.1 Å². The monoisotopic (exact) mass is 179 g/mol. The van der Waals surface area contributed by atoms with Crippen LogP contribution in [0.2, 0.25) is 0 Å². The molecule has 2 aliphatic rings. The number of carbonyl (C=O) groups is 1. The zero-order valence-electron chi connectivity index (χ0n) is 8.47. The average Bonchev–Trinajstić information content (AvgIpc) is 2.63. The van der Waals surface area contributed by atoms with Crippen LogP contribution in [0.25, 0.3) is 0 Å². The van der Waals surface area contributed by atoms with Crippen LogP contribution in [0.5, 0.6) is 0 Å². The zero-order valence-corrected chi connectivity index (χ0v) is 8.47. The Labute approximate surface area is 79.6 Å². The van der Waals surface area contributed by atoms with E-state index in [9.17, 15) is 4.79 Å². The Kier molecular flexibility index (Phi) is 2.14. The molecule has 0 amide bonds. The number of rotatable bonds is 1. The lowest BCUT2D eigenvalue weighted by molar-refractivity contribution is -0.119. The van der Waals surface area contributed by atoms with Gasteiger partial charge in [0.15, 0.2) is 5.78 Å². The van der Waals surface area contributed by atoms with Crippen molar-refractivity contribution in [3.05, 3.63) is 11.3 Å². The van der Waals surface area contributed by atoms with E-state index in [1.165, 1.54) is 18.4 Å². The number of Topliss-reactive ketones (excluding diaryl/α,β-unsaturated/α-hetero) is 1. The number of allylic oxidation sites excluding steroid dienone is 2. The first kappa shape index (κ1) is 8.79. The van der Waals surface area contributed by atoms with Gasteiger partial charge in [0.25, 0.3) is 0 Å². The molecule has 2 heteroatoms. The van der Waals surface area contributed by atoms with E-state index in [2.05, 4.69) is 11.8 Å². The maximum absolute atomic E-state index is 11.8. The van der Waals surface area contributed by atoms with Gasteiger partial charge in [-0.05, 0) is 31.8 Å². The minimum atomic E-state index is 0.232. The van der Waals surface area contributed by atoms with Gasteiger partial charge < -0.3 is 4.90 Å². The van der Waals surface area contributed by atoms with Gasteiger partial charge in [0.05, 0.1) is 5.70 Å². The van der Waals surface area contributed by atoms with Crippen molar-refractivity contribution in [2.75, 3.05) is 13.1 Å². The van der Waals surface area contributed by atoms with E-state index in [0.29, 0.717) is 5.78 Å². The highest BCUT2D eigenvalue weighted by molar-refractivity contribution is 5.99. The Balaban J connectivity index is 2.21. The number of hydrogen-bond donors (Lipinski definition) is 0. The van der Waals surface area contributed by atoms with Crippen LogP contribution in [0, 0.1) is 5.92 Å². The lowest BCUT2D eigenvalue weighted by atomic mass is 10.1. The van der Waals surface area contributed by atoms with Crippen molar-refractivity contribution in [1.29, 1.82) is 0 Å². The second kappa shape index (κ2) is 3.17. The molecule has 72 valence electrons. The molecule has 0 saturated carbocycles. The molecular weight excluding hydrogens is 162 g/mol. The summed E-state index contributed by atoms with van der Waals surface area (Å²) in [6, 6.07) is 0. The second-order valence-electron chi connectivity index (χ2n) is 4.29. The summed E-state index contributed by atoms with van der Waals surface area (Å²) in [7, 11) is 0. The molecule has 2 nitrogen and oxygen atoms in total. The summed E-state index contributed by atoms with van der Waals surface area (Å²) in [6.07, 6.45) is 3.47. The average molecular weight is 179 g/mol. The first-order valence-corrected chi connectivity index (χ1v) is 5.19. The topological polar surface area (TPSA) is 20.3 Å². The van der Waals surface area contributed by atoms with Crippen molar-refractivity contribution in [1.82, 2.24) is 4.90 Å². The Hall–Kier alpha value is -0.790. The standard InChI is InChI=1S/C11H17NO/c1-8-7-9(2)11(13)10(8)12-5-3-4-6-12/h9H,3-7H2,1-2H3. The predicted octanol–water partition coefficient (Wildman–Crippen LogP) is 1.97. The smallest absolute Gasteiger partial charge is 0.181 e. The van der Waals surface area contributed by atoms with Gasteiger partial charge in [-0.3, -0.25) is 4.79 Å². The van der Waals surface area contributed by atoms with Crippen molar-refractivity contribution in [2.45, 2.75) is 33.1 Å². The molecule has 1 saturated heterocycles. The van der Waals surface area contributed by atoms with E-state index >= 15 is 0 Å². The molecule has 1 heterocycles. The molecule has 13 heavy (non-hydrogen) atoms. The van der Waals surface area contributed by atoms with E-state index in [1.807, 2.05) is 6.92 Å². The lowest BCUT2D eigenvalue weighted by Gasteiger charge is -2.19. The second-order valence-corrected chi connectivity index (χ2v) is 4.29. The Morgan fingerprint density at radius 2 is 1.92 bits per heavy atom. The summed E-state index contributed by atoms with van der Waals surface area (Å²) >= 11 is 0. The van der Waals surface area contributed by atoms with Crippen molar-refractivity contribution >= 4 is 5.78 Å². The van der Waals surface area contributed by atoms with Gasteiger partial charge in [0, 0.05) is 19.0 Å². The number of likely N-dealkylation sites (tertiary alicyclic amines) is 1. The van der Waals surface area contributed by atoms with Crippen LogP contribution in [-0.4, -0.2) is 23.8 Å². The Morgan fingerprint density at radius 1 is 1.31 bits per heavy atom. The molecule has 0 radical (unpaired) electrons. The maximum Gasteiger partial charge on any atom is 0.181 e. The molecule has 2 rings (SSSR count). The summed E-state index contributed by atoms with van der Waals surface area (Å²) < 4.78 is 0. The first-order valence-electron chi connectivity index (χ1n) is 5.19. The van der Waals surface area contributed by atoms with Gasteiger partial charge in [0.2, 0.25) is 0 Å². The molecule has 0 bridgehead atoms. The first-order chi connectivity index (χ1) is 6.20. The largest absolute Gasteiger partial charge is 0.369 e. The van der Waals surface area contributed by atoms with Crippen LogP contribution >= 0.6 is 0 Å². The van der Waals surface area contributed by atoms with E-state index in [1.54, 1.807) is 0 Å². The number of hydrogen-bond acceptors (Lipinski definition) is 2. The quantitative estimate of drug-likeness (QED) is 0.613. The molecule has 1 aliphatic carbocycles. The van der Waals surface area contributed by atoms with Crippen LogP contribution in [0.4, 0.5) is 0 Å². The number of carbonyl (C=O) groups excluding carboxylic acids is 1. The molecule has 0 aromatic rings. The van der Waals surface area contributed by atoms with E-state index in [0.717, 1.165) is 25.2 Å². The fourth-order valence-corrected chi connectivity index (χ4v) is 2.46. The molecule has 0 aromatic carbocycles. The third kappa shape index (κ3) is 1.38. The molecule has 0 N–H and O–H groups in total. The number of nitrogens with zero attached hydrogens (tertiary/aromatic N) is 1. The van der Waals surface area contributed by atoms with Crippen molar-refractivity contribution in [3.8, 4) is 0 Å². The SMILES string of the molecule is CC1=C(N2CCCC2)C(=O)C(C)C1. The fourth-order valence-electron chi connectivity index (χ4n) is 2.46. The highest BCUT2D eigenvalue weighted by atomic mass is 16.1. The zero-order chi connectivity index (χ0) is 9.42. The summed E-state index contributed by atoms with van der Waals surface area (Å²) in [5.74, 6) is 0.606. The van der Waals surface area contributed by atoms with Gasteiger partial charge in [-0.15, -0.1) is 0 Å². The molecule has 0 aromatic heterocycles. The van der Waals surface area contributed by atoms with Crippen molar-refractivity contribution in [2.24, 2.45) is 5.92 Å². The molecular formula is C11H17NO. The third-order valence-corrected chi connectivity index (χ3v) is 3.12. The van der Waals surface area contributed by atoms with E-state index in [4.69, 9.17) is 0 Å². The Morgan fingerprint density at radius 3 is 2.38 bits per heavy atom. The molecule has 0 spiro atoms. The fraction of sp³-hybridized carbons (Fsp3) is 0.727. The van der Waals surface area contributed by atoms with Gasteiger partial charge in [-0.1, -0.05) is 6.92 Å². The van der Waals surface area contributed by atoms with E-state index < -0.39 is 0 Å². The normalized spacial score (nSPS) is 29.2. The summed E-state index contributed by atoms with van der Waals surface area (Å²) in [5, 5.41) is 0. The van der Waals surface area contributed by atoms with Crippen LogP contribution in [0.3, 0.4) is 0 Å². The Bertz CT molecular complexity index is 261. The van der Waals surface area contributed by atoms with Gasteiger partial charge in [0.1, 0.15) is 0 Å². The van der Waals surface area contributed by atoms with Crippen LogP contribution in [0.15, 0.2) is 11.3 Å². The van der Waals surface area contributed by atoms with Gasteiger partial charge in [-0.25, -0.2) is 0 Å². The van der Waals surface area contributed by atoms with Crippen LogP contribution in [-0.2, 0) is 4.79 Å². The number of ketones is 1. The maximum atomic E-state index is 11.8. The molecule has 1 fully saturated rings. The summed E-state index contributed by atoms with van der Waals surface area (Å²) in [4.78, 5) is 14.1.